The molecule has 14 heavy (non-hydrogen) atoms. The largest absolute Gasteiger partial charge is 0.393 e. The molecule has 2 nitrogen and oxygen atoms in total. The van der Waals surface area contributed by atoms with Crippen LogP contribution in [-0.2, 0) is 6.54 Å². The molecule has 0 aliphatic rings. The second-order valence-corrected chi connectivity index (χ2v) is 4.36. The Bertz CT molecular complexity index is 276. The highest BCUT2D eigenvalue weighted by molar-refractivity contribution is 9.10. The molecule has 0 spiro atoms. The van der Waals surface area contributed by atoms with Crippen molar-refractivity contribution in [3.8, 4) is 0 Å². The number of hydrogen-bond donors (Lipinski definition) is 2. The lowest BCUT2D eigenvalue weighted by molar-refractivity contribution is 0.183. The van der Waals surface area contributed by atoms with Gasteiger partial charge in [-0.1, -0.05) is 28.1 Å². The molecule has 1 atom stereocenters. The number of aliphatic hydroxyl groups excluding tert-OH is 1. The van der Waals surface area contributed by atoms with Gasteiger partial charge in [0.05, 0.1) is 6.10 Å². The van der Waals surface area contributed by atoms with Crippen molar-refractivity contribution in [3.63, 3.8) is 0 Å². The van der Waals surface area contributed by atoms with E-state index in [4.69, 9.17) is 5.11 Å². The van der Waals surface area contributed by atoms with E-state index in [0.29, 0.717) is 0 Å². The normalized spacial score (nSPS) is 12.8. The van der Waals surface area contributed by atoms with Gasteiger partial charge in [0.15, 0.2) is 0 Å². The molecule has 0 radical (unpaired) electrons. The van der Waals surface area contributed by atoms with Gasteiger partial charge in [-0.05, 0) is 37.6 Å². The first kappa shape index (κ1) is 11.7. The van der Waals surface area contributed by atoms with Crippen LogP contribution in [-0.4, -0.2) is 17.8 Å². The Labute approximate surface area is 93.5 Å². The number of hydrogen-bond acceptors (Lipinski definition) is 2. The van der Waals surface area contributed by atoms with E-state index in [1.54, 1.807) is 6.92 Å². The highest BCUT2D eigenvalue weighted by Gasteiger charge is 1.96. The van der Waals surface area contributed by atoms with Crippen molar-refractivity contribution in [2.24, 2.45) is 0 Å². The van der Waals surface area contributed by atoms with E-state index >= 15 is 0 Å². The maximum absolute atomic E-state index is 9.05. The highest BCUT2D eigenvalue weighted by atomic mass is 79.9. The summed E-state index contributed by atoms with van der Waals surface area (Å²) in [6.07, 6.45) is 0.582. The number of nitrogens with one attached hydrogen (secondary N) is 1. The van der Waals surface area contributed by atoms with Gasteiger partial charge in [0.25, 0.3) is 0 Å². The van der Waals surface area contributed by atoms with Crippen LogP contribution in [0.25, 0.3) is 0 Å². The molecular weight excluding hydrogens is 242 g/mol. The minimum Gasteiger partial charge on any atom is -0.393 e. The molecule has 0 aliphatic heterocycles. The third-order valence-electron chi connectivity index (χ3n) is 1.96. The molecule has 0 amide bonds. The Morgan fingerprint density at radius 1 is 1.50 bits per heavy atom. The SMILES string of the molecule is C[C@@H](O)CCNCc1cccc(Br)c1. The van der Waals surface area contributed by atoms with Gasteiger partial charge in [-0.2, -0.15) is 0 Å². The molecule has 0 heterocycles. The number of benzene rings is 1. The molecule has 2 N–H and O–H groups in total. The first-order valence-corrected chi connectivity index (χ1v) is 5.61. The van der Waals surface area contributed by atoms with Crippen molar-refractivity contribution in [1.29, 1.82) is 0 Å². The topological polar surface area (TPSA) is 32.3 Å². The van der Waals surface area contributed by atoms with Crippen molar-refractivity contribution in [3.05, 3.63) is 34.3 Å². The van der Waals surface area contributed by atoms with E-state index in [9.17, 15) is 0 Å². The van der Waals surface area contributed by atoms with E-state index in [2.05, 4.69) is 33.4 Å². The van der Waals surface area contributed by atoms with Crippen molar-refractivity contribution < 1.29 is 5.11 Å². The molecular formula is C11H16BrNO. The molecule has 1 aromatic carbocycles. The Morgan fingerprint density at radius 3 is 2.93 bits per heavy atom. The number of rotatable bonds is 5. The van der Waals surface area contributed by atoms with Gasteiger partial charge in [0, 0.05) is 11.0 Å². The summed E-state index contributed by atoms with van der Waals surface area (Å²) < 4.78 is 1.10. The van der Waals surface area contributed by atoms with E-state index in [1.807, 2.05) is 12.1 Å². The standard InChI is InChI=1S/C11H16BrNO/c1-9(14)5-6-13-8-10-3-2-4-11(12)7-10/h2-4,7,9,13-14H,5-6,8H2,1H3/t9-/m1/s1. The van der Waals surface area contributed by atoms with Crippen molar-refractivity contribution in [1.82, 2.24) is 5.32 Å². The van der Waals surface area contributed by atoms with Crippen molar-refractivity contribution >= 4 is 15.9 Å². The zero-order valence-corrected chi connectivity index (χ0v) is 9.92. The van der Waals surface area contributed by atoms with Gasteiger partial charge >= 0.3 is 0 Å². The maximum atomic E-state index is 9.05. The molecule has 78 valence electrons. The van der Waals surface area contributed by atoms with Gasteiger partial charge < -0.3 is 10.4 Å². The first-order valence-electron chi connectivity index (χ1n) is 4.81. The van der Waals surface area contributed by atoms with Crippen LogP contribution in [0.4, 0.5) is 0 Å². The van der Waals surface area contributed by atoms with Crippen LogP contribution in [0.5, 0.6) is 0 Å². The summed E-state index contributed by atoms with van der Waals surface area (Å²) in [6, 6.07) is 8.21. The van der Waals surface area contributed by atoms with E-state index in [-0.39, 0.29) is 6.10 Å². The Kier molecular flexibility index (Phi) is 5.15. The third-order valence-corrected chi connectivity index (χ3v) is 2.45. The van der Waals surface area contributed by atoms with Crippen LogP contribution in [0.1, 0.15) is 18.9 Å². The molecule has 3 heteroatoms. The van der Waals surface area contributed by atoms with Crippen LogP contribution in [0.3, 0.4) is 0 Å². The molecule has 0 aliphatic carbocycles. The maximum Gasteiger partial charge on any atom is 0.0524 e. The lowest BCUT2D eigenvalue weighted by Crippen LogP contribution is -2.18. The lowest BCUT2D eigenvalue weighted by atomic mass is 10.2. The molecule has 0 saturated heterocycles. The monoisotopic (exact) mass is 257 g/mol. The molecule has 0 unspecified atom stereocenters. The fourth-order valence-corrected chi connectivity index (χ4v) is 1.64. The first-order chi connectivity index (χ1) is 6.68. The van der Waals surface area contributed by atoms with Crippen molar-refractivity contribution in [2.45, 2.75) is 26.0 Å². The fourth-order valence-electron chi connectivity index (χ4n) is 1.19. The summed E-state index contributed by atoms with van der Waals surface area (Å²) in [4.78, 5) is 0. The zero-order chi connectivity index (χ0) is 10.4. The zero-order valence-electron chi connectivity index (χ0n) is 8.33. The highest BCUT2D eigenvalue weighted by Crippen LogP contribution is 2.11. The van der Waals surface area contributed by atoms with Crippen LogP contribution >= 0.6 is 15.9 Å². The molecule has 0 bridgehead atoms. The molecule has 0 saturated carbocycles. The van der Waals surface area contributed by atoms with E-state index < -0.39 is 0 Å². The molecule has 0 aromatic heterocycles. The van der Waals surface area contributed by atoms with Gasteiger partial charge in [-0.3, -0.25) is 0 Å². The average molecular weight is 258 g/mol. The average Bonchev–Trinajstić information content (AvgIpc) is 2.12. The van der Waals surface area contributed by atoms with Crippen molar-refractivity contribution in [2.75, 3.05) is 6.54 Å². The quantitative estimate of drug-likeness (QED) is 0.794. The predicted molar refractivity (Wildman–Crippen MR) is 62.1 cm³/mol. The molecule has 0 fully saturated rings. The smallest absolute Gasteiger partial charge is 0.0524 e. The summed E-state index contributed by atoms with van der Waals surface area (Å²) in [7, 11) is 0. The van der Waals surface area contributed by atoms with Crippen LogP contribution < -0.4 is 5.32 Å². The fraction of sp³-hybridized carbons (Fsp3) is 0.455. The van der Waals surface area contributed by atoms with E-state index in [1.165, 1.54) is 5.56 Å². The molecule has 1 aromatic rings. The summed E-state index contributed by atoms with van der Waals surface area (Å²) >= 11 is 3.43. The summed E-state index contributed by atoms with van der Waals surface area (Å²) in [5.41, 5.74) is 1.25. The van der Waals surface area contributed by atoms with Gasteiger partial charge in [0.1, 0.15) is 0 Å². The minimum atomic E-state index is -0.218. The number of aliphatic hydroxyl groups is 1. The van der Waals surface area contributed by atoms with E-state index in [0.717, 1.165) is 24.0 Å². The Hall–Kier alpha value is -0.380. The van der Waals surface area contributed by atoms with Crippen LogP contribution in [0.2, 0.25) is 0 Å². The van der Waals surface area contributed by atoms with Crippen LogP contribution in [0, 0.1) is 0 Å². The van der Waals surface area contributed by atoms with Gasteiger partial charge in [0.2, 0.25) is 0 Å². The third kappa shape index (κ3) is 4.74. The lowest BCUT2D eigenvalue weighted by Gasteiger charge is -2.06. The Morgan fingerprint density at radius 2 is 2.29 bits per heavy atom. The minimum absolute atomic E-state index is 0.218. The Balaban J connectivity index is 2.25. The second kappa shape index (κ2) is 6.17. The van der Waals surface area contributed by atoms with Crippen LogP contribution in [0.15, 0.2) is 28.7 Å². The summed E-state index contributed by atoms with van der Waals surface area (Å²) in [5, 5.41) is 12.3. The summed E-state index contributed by atoms with van der Waals surface area (Å²) in [6.45, 7) is 3.51. The predicted octanol–water partition coefficient (Wildman–Crippen LogP) is 2.31. The summed E-state index contributed by atoms with van der Waals surface area (Å²) in [5.74, 6) is 0. The second-order valence-electron chi connectivity index (χ2n) is 3.44. The number of halogens is 1. The molecule has 1 rings (SSSR count). The van der Waals surface area contributed by atoms with Gasteiger partial charge in [-0.25, -0.2) is 0 Å². The van der Waals surface area contributed by atoms with Gasteiger partial charge in [-0.15, -0.1) is 0 Å².